The lowest BCUT2D eigenvalue weighted by Gasteiger charge is -2.32. The zero-order valence-electron chi connectivity index (χ0n) is 12.1. The Labute approximate surface area is 112 Å². The standard InChI is InChI=1S/C15H30N2O/c1-12(10-15-11-18-9-8-16-15)17-13(2)14-6-4-3-5-7-14/h12-17H,3-11H2,1-2H3. The second kappa shape index (κ2) is 7.46. The van der Waals surface area contributed by atoms with E-state index in [4.69, 9.17) is 4.74 Å². The minimum absolute atomic E-state index is 0.541. The van der Waals surface area contributed by atoms with Gasteiger partial charge in [-0.1, -0.05) is 19.3 Å². The van der Waals surface area contributed by atoms with Crippen molar-refractivity contribution in [3.8, 4) is 0 Å². The molecule has 3 heteroatoms. The van der Waals surface area contributed by atoms with Gasteiger partial charge in [0, 0.05) is 24.7 Å². The monoisotopic (exact) mass is 254 g/mol. The second-order valence-corrected chi connectivity index (χ2v) is 6.22. The third kappa shape index (κ3) is 4.52. The van der Waals surface area contributed by atoms with Crippen molar-refractivity contribution >= 4 is 0 Å². The lowest BCUT2D eigenvalue weighted by atomic mass is 9.84. The summed E-state index contributed by atoms with van der Waals surface area (Å²) in [6, 6.07) is 1.80. The summed E-state index contributed by atoms with van der Waals surface area (Å²) in [5.41, 5.74) is 0. The van der Waals surface area contributed by atoms with Gasteiger partial charge < -0.3 is 15.4 Å². The molecule has 2 rings (SSSR count). The molecule has 2 N–H and O–H groups in total. The predicted octanol–water partition coefficient (Wildman–Crippen LogP) is 2.31. The summed E-state index contributed by atoms with van der Waals surface area (Å²) in [5.74, 6) is 0.900. The Balaban J connectivity index is 1.67. The highest BCUT2D eigenvalue weighted by molar-refractivity contribution is 4.81. The summed E-state index contributed by atoms with van der Waals surface area (Å²) in [5, 5.41) is 7.34. The zero-order valence-corrected chi connectivity index (χ0v) is 12.1. The summed E-state index contributed by atoms with van der Waals surface area (Å²) in [7, 11) is 0. The molecule has 2 fully saturated rings. The SMILES string of the molecule is CC(CC1COCCN1)NC(C)C1CCCCC1. The number of ether oxygens (including phenoxy) is 1. The molecule has 1 saturated carbocycles. The molecule has 3 nitrogen and oxygen atoms in total. The first kappa shape index (κ1) is 14.3. The van der Waals surface area contributed by atoms with Gasteiger partial charge in [0.2, 0.25) is 0 Å². The molecule has 0 aromatic rings. The van der Waals surface area contributed by atoms with E-state index >= 15 is 0 Å². The van der Waals surface area contributed by atoms with E-state index in [-0.39, 0.29) is 0 Å². The lowest BCUT2D eigenvalue weighted by Crippen LogP contribution is -2.47. The van der Waals surface area contributed by atoms with Crippen molar-refractivity contribution in [1.29, 1.82) is 0 Å². The third-order valence-electron chi connectivity index (χ3n) is 4.54. The quantitative estimate of drug-likeness (QED) is 0.790. The zero-order chi connectivity index (χ0) is 12.8. The molecule has 18 heavy (non-hydrogen) atoms. The van der Waals surface area contributed by atoms with Gasteiger partial charge in [0.1, 0.15) is 0 Å². The Hall–Kier alpha value is -0.120. The van der Waals surface area contributed by atoms with Crippen molar-refractivity contribution in [2.75, 3.05) is 19.8 Å². The van der Waals surface area contributed by atoms with Crippen LogP contribution in [0.25, 0.3) is 0 Å². The molecule has 0 radical (unpaired) electrons. The Morgan fingerprint density at radius 2 is 2.00 bits per heavy atom. The van der Waals surface area contributed by atoms with Crippen molar-refractivity contribution in [2.24, 2.45) is 5.92 Å². The molecule has 3 unspecified atom stereocenters. The van der Waals surface area contributed by atoms with Crippen LogP contribution in [-0.2, 0) is 4.74 Å². The van der Waals surface area contributed by atoms with E-state index in [1.165, 1.54) is 38.5 Å². The van der Waals surface area contributed by atoms with Gasteiger partial charge in [0.25, 0.3) is 0 Å². The van der Waals surface area contributed by atoms with Crippen LogP contribution in [0.5, 0.6) is 0 Å². The first-order valence-electron chi connectivity index (χ1n) is 7.83. The molecule has 0 spiro atoms. The first-order valence-corrected chi connectivity index (χ1v) is 7.83. The van der Waals surface area contributed by atoms with Gasteiger partial charge in [0.05, 0.1) is 13.2 Å². The molecule has 0 bridgehead atoms. The fourth-order valence-electron chi connectivity index (χ4n) is 3.48. The topological polar surface area (TPSA) is 33.3 Å². The number of hydrogen-bond acceptors (Lipinski definition) is 3. The molecular formula is C15H30N2O. The van der Waals surface area contributed by atoms with Crippen LogP contribution in [0.2, 0.25) is 0 Å². The largest absolute Gasteiger partial charge is 0.379 e. The average molecular weight is 254 g/mol. The molecule has 1 aliphatic heterocycles. The van der Waals surface area contributed by atoms with Crippen molar-refractivity contribution in [3.05, 3.63) is 0 Å². The molecule has 0 amide bonds. The molecule has 2 aliphatic rings. The van der Waals surface area contributed by atoms with Gasteiger partial charge in [-0.25, -0.2) is 0 Å². The minimum atomic E-state index is 0.541. The number of rotatable bonds is 5. The van der Waals surface area contributed by atoms with E-state index < -0.39 is 0 Å². The van der Waals surface area contributed by atoms with E-state index in [1.807, 2.05) is 0 Å². The Bertz CT molecular complexity index is 223. The van der Waals surface area contributed by atoms with Crippen LogP contribution in [0.1, 0.15) is 52.4 Å². The van der Waals surface area contributed by atoms with Gasteiger partial charge in [-0.2, -0.15) is 0 Å². The van der Waals surface area contributed by atoms with Crippen LogP contribution in [0.4, 0.5) is 0 Å². The highest BCUT2D eigenvalue weighted by Gasteiger charge is 2.22. The number of hydrogen-bond donors (Lipinski definition) is 2. The fourth-order valence-corrected chi connectivity index (χ4v) is 3.48. The predicted molar refractivity (Wildman–Crippen MR) is 75.9 cm³/mol. The summed E-state index contributed by atoms with van der Waals surface area (Å²) in [6.07, 6.45) is 8.34. The molecule has 1 aliphatic carbocycles. The number of morpholine rings is 1. The van der Waals surface area contributed by atoms with Crippen LogP contribution in [-0.4, -0.2) is 37.9 Å². The number of nitrogens with one attached hydrogen (secondary N) is 2. The molecule has 0 aromatic heterocycles. The maximum absolute atomic E-state index is 5.51. The van der Waals surface area contributed by atoms with Crippen LogP contribution >= 0.6 is 0 Å². The first-order chi connectivity index (χ1) is 8.75. The highest BCUT2D eigenvalue weighted by Crippen LogP contribution is 2.26. The highest BCUT2D eigenvalue weighted by atomic mass is 16.5. The molecule has 3 atom stereocenters. The van der Waals surface area contributed by atoms with Crippen LogP contribution in [0.15, 0.2) is 0 Å². The van der Waals surface area contributed by atoms with Gasteiger partial charge in [-0.15, -0.1) is 0 Å². The van der Waals surface area contributed by atoms with Crippen molar-refractivity contribution in [2.45, 2.75) is 70.5 Å². The smallest absolute Gasteiger partial charge is 0.0620 e. The molecule has 1 heterocycles. The Morgan fingerprint density at radius 1 is 1.22 bits per heavy atom. The molecule has 0 aromatic carbocycles. The van der Waals surface area contributed by atoms with Crippen molar-refractivity contribution in [3.63, 3.8) is 0 Å². The van der Waals surface area contributed by atoms with Crippen LogP contribution < -0.4 is 10.6 Å². The average Bonchev–Trinajstić information content (AvgIpc) is 2.40. The fraction of sp³-hybridized carbons (Fsp3) is 1.00. The van der Waals surface area contributed by atoms with Gasteiger partial charge in [-0.3, -0.25) is 0 Å². The summed E-state index contributed by atoms with van der Waals surface area (Å²) >= 11 is 0. The van der Waals surface area contributed by atoms with Gasteiger partial charge in [-0.05, 0) is 39.0 Å². The molecular weight excluding hydrogens is 224 g/mol. The summed E-state index contributed by atoms with van der Waals surface area (Å²) in [4.78, 5) is 0. The summed E-state index contributed by atoms with van der Waals surface area (Å²) < 4.78 is 5.51. The summed E-state index contributed by atoms with van der Waals surface area (Å²) in [6.45, 7) is 7.45. The Kier molecular flexibility index (Phi) is 5.93. The van der Waals surface area contributed by atoms with E-state index in [0.29, 0.717) is 18.1 Å². The van der Waals surface area contributed by atoms with E-state index in [1.54, 1.807) is 0 Å². The van der Waals surface area contributed by atoms with Crippen molar-refractivity contribution < 1.29 is 4.74 Å². The van der Waals surface area contributed by atoms with Crippen LogP contribution in [0.3, 0.4) is 0 Å². The molecule has 1 saturated heterocycles. The van der Waals surface area contributed by atoms with Gasteiger partial charge in [0.15, 0.2) is 0 Å². The van der Waals surface area contributed by atoms with E-state index in [2.05, 4.69) is 24.5 Å². The maximum Gasteiger partial charge on any atom is 0.0620 e. The normalized spacial score (nSPS) is 30.0. The second-order valence-electron chi connectivity index (χ2n) is 6.22. The van der Waals surface area contributed by atoms with E-state index in [9.17, 15) is 0 Å². The van der Waals surface area contributed by atoms with E-state index in [0.717, 1.165) is 25.7 Å². The maximum atomic E-state index is 5.51. The van der Waals surface area contributed by atoms with Gasteiger partial charge >= 0.3 is 0 Å². The third-order valence-corrected chi connectivity index (χ3v) is 4.54. The lowest BCUT2D eigenvalue weighted by molar-refractivity contribution is 0.0702. The Morgan fingerprint density at radius 3 is 2.67 bits per heavy atom. The minimum Gasteiger partial charge on any atom is -0.379 e. The van der Waals surface area contributed by atoms with Crippen molar-refractivity contribution in [1.82, 2.24) is 10.6 Å². The van der Waals surface area contributed by atoms with Crippen LogP contribution in [0, 0.1) is 5.92 Å². The molecule has 106 valence electrons.